The summed E-state index contributed by atoms with van der Waals surface area (Å²) in [6.45, 7) is 38.8. The molecular formula is C34H70O8Si2. The van der Waals surface area contributed by atoms with E-state index in [1.807, 2.05) is 55.4 Å². The quantitative estimate of drug-likeness (QED) is 0.210. The van der Waals surface area contributed by atoms with Crippen molar-refractivity contribution in [2.75, 3.05) is 13.2 Å². The number of ketones is 1. The smallest absolute Gasteiger partial charge is 0.192 e. The van der Waals surface area contributed by atoms with Crippen molar-refractivity contribution in [2.24, 2.45) is 11.8 Å². The molecule has 0 aromatic carbocycles. The van der Waals surface area contributed by atoms with Gasteiger partial charge in [-0.15, -0.1) is 0 Å². The molecule has 7 atom stereocenters. The summed E-state index contributed by atoms with van der Waals surface area (Å²) in [5, 5.41) is 10.5. The average Bonchev–Trinajstić information content (AvgIpc) is 3.37. The lowest BCUT2D eigenvalue weighted by Crippen LogP contribution is -2.45. The van der Waals surface area contributed by atoms with Crippen LogP contribution in [0.5, 0.6) is 0 Å². The molecule has 0 saturated carbocycles. The number of rotatable bonds is 12. The molecule has 2 heterocycles. The van der Waals surface area contributed by atoms with Gasteiger partial charge in [0.15, 0.2) is 28.2 Å². The number of hydrogen-bond acceptors (Lipinski definition) is 8. The van der Waals surface area contributed by atoms with Crippen molar-refractivity contribution in [2.45, 2.75) is 188 Å². The van der Waals surface area contributed by atoms with Crippen LogP contribution in [0.3, 0.4) is 0 Å². The summed E-state index contributed by atoms with van der Waals surface area (Å²) >= 11 is 0. The number of ether oxygens (including phenoxy) is 4. The van der Waals surface area contributed by atoms with Gasteiger partial charge in [0.25, 0.3) is 0 Å². The normalized spacial score (nSPS) is 27.8. The van der Waals surface area contributed by atoms with Gasteiger partial charge in [-0.3, -0.25) is 4.79 Å². The fourth-order valence-corrected chi connectivity index (χ4v) is 6.99. The largest absolute Gasteiger partial charge is 0.414 e. The molecule has 0 amide bonds. The van der Waals surface area contributed by atoms with Gasteiger partial charge in [0, 0.05) is 18.3 Å². The first-order chi connectivity index (χ1) is 19.6. The predicted molar refractivity (Wildman–Crippen MR) is 184 cm³/mol. The van der Waals surface area contributed by atoms with Crippen molar-refractivity contribution in [3.63, 3.8) is 0 Å². The lowest BCUT2D eigenvalue weighted by atomic mass is 9.93. The molecule has 0 radical (unpaired) electrons. The van der Waals surface area contributed by atoms with Crippen LogP contribution in [0.1, 0.15) is 110 Å². The Bertz CT molecular complexity index is 906. The van der Waals surface area contributed by atoms with Crippen LogP contribution in [0, 0.1) is 11.8 Å². The van der Waals surface area contributed by atoms with Gasteiger partial charge in [-0.1, -0.05) is 69.2 Å². The third-order valence-corrected chi connectivity index (χ3v) is 19.2. The molecule has 0 spiro atoms. The molecular weight excluding hydrogens is 593 g/mol. The standard InChI is InChI=1S/C17H36O4Si.C17H34O4Si/c2*1-10-13(18)12(2)15-14(20-17(6,7)21-15)11-19-22(8,9)16(3,4)5/h12-15,18H,10-11H2,1-9H3;12,14-15H,10-11H2,1-9H3/t12-,13-,14-,15+;12-,14-,15+/m00/s1. The molecule has 2 fully saturated rings. The minimum absolute atomic E-state index is 0.0276. The molecule has 0 aliphatic carbocycles. The van der Waals surface area contributed by atoms with E-state index in [0.717, 1.165) is 6.42 Å². The van der Waals surface area contributed by atoms with E-state index in [1.165, 1.54) is 0 Å². The first-order valence-corrected chi connectivity index (χ1v) is 22.6. The maximum atomic E-state index is 12.0. The second-order valence-electron chi connectivity index (χ2n) is 16.9. The predicted octanol–water partition coefficient (Wildman–Crippen LogP) is 8.08. The van der Waals surface area contributed by atoms with E-state index < -0.39 is 28.2 Å². The summed E-state index contributed by atoms with van der Waals surface area (Å²) in [5.74, 6) is -1.20. The Labute approximate surface area is 272 Å². The van der Waals surface area contributed by atoms with E-state index in [9.17, 15) is 9.90 Å². The molecule has 262 valence electrons. The van der Waals surface area contributed by atoms with Crippen molar-refractivity contribution in [3.8, 4) is 0 Å². The monoisotopic (exact) mass is 662 g/mol. The van der Waals surface area contributed by atoms with Gasteiger partial charge < -0.3 is 32.9 Å². The number of aliphatic hydroxyl groups is 1. The van der Waals surface area contributed by atoms with Crippen LogP contribution in [-0.2, 0) is 32.6 Å². The summed E-state index contributed by atoms with van der Waals surface area (Å²) < 4.78 is 36.7. The van der Waals surface area contributed by atoms with Gasteiger partial charge in [-0.05, 0) is 70.4 Å². The van der Waals surface area contributed by atoms with Gasteiger partial charge in [0.1, 0.15) is 18.0 Å². The second kappa shape index (κ2) is 15.4. The minimum Gasteiger partial charge on any atom is -0.414 e. The number of aliphatic hydroxyl groups excluding tert-OH is 1. The molecule has 0 aromatic heterocycles. The van der Waals surface area contributed by atoms with E-state index >= 15 is 0 Å². The highest BCUT2D eigenvalue weighted by Gasteiger charge is 2.48. The van der Waals surface area contributed by atoms with E-state index in [0.29, 0.717) is 19.6 Å². The third-order valence-electron chi connectivity index (χ3n) is 10.2. The summed E-state index contributed by atoms with van der Waals surface area (Å²) in [6.07, 6.45) is 0.198. The zero-order valence-corrected chi connectivity index (χ0v) is 33.7. The van der Waals surface area contributed by atoms with Crippen molar-refractivity contribution in [1.82, 2.24) is 0 Å². The molecule has 10 heteroatoms. The Kier molecular flexibility index (Phi) is 14.6. The third kappa shape index (κ3) is 11.5. The van der Waals surface area contributed by atoms with Crippen LogP contribution in [0.25, 0.3) is 0 Å². The summed E-state index contributed by atoms with van der Waals surface area (Å²) in [6, 6.07) is 0. The fraction of sp³-hybridized carbons (Fsp3) is 0.971. The molecule has 2 rings (SSSR count). The van der Waals surface area contributed by atoms with Gasteiger partial charge in [-0.25, -0.2) is 0 Å². The fourth-order valence-electron chi connectivity index (χ4n) is 4.96. The Balaban J connectivity index is 0.000000440. The number of carbonyl (C=O) groups excluding carboxylic acids is 1. The first kappa shape index (κ1) is 41.8. The van der Waals surface area contributed by atoms with Gasteiger partial charge in [-0.2, -0.15) is 0 Å². The molecule has 8 nitrogen and oxygen atoms in total. The lowest BCUT2D eigenvalue weighted by Gasteiger charge is -2.37. The van der Waals surface area contributed by atoms with Crippen LogP contribution in [0.15, 0.2) is 0 Å². The Morgan fingerprint density at radius 1 is 0.750 bits per heavy atom. The van der Waals surface area contributed by atoms with Crippen LogP contribution in [-0.4, -0.2) is 82.8 Å². The maximum absolute atomic E-state index is 12.0. The second-order valence-corrected chi connectivity index (χ2v) is 26.5. The Hall–Kier alpha value is -0.176. The van der Waals surface area contributed by atoms with Crippen LogP contribution in [0.2, 0.25) is 36.3 Å². The average molecular weight is 663 g/mol. The van der Waals surface area contributed by atoms with Crippen molar-refractivity contribution >= 4 is 22.4 Å². The van der Waals surface area contributed by atoms with Crippen LogP contribution >= 0.6 is 0 Å². The zero-order valence-electron chi connectivity index (χ0n) is 31.7. The highest BCUT2D eigenvalue weighted by atomic mass is 28.4. The molecule has 0 unspecified atom stereocenters. The first-order valence-electron chi connectivity index (χ1n) is 16.8. The maximum Gasteiger partial charge on any atom is 0.192 e. The van der Waals surface area contributed by atoms with E-state index in [4.69, 9.17) is 27.8 Å². The van der Waals surface area contributed by atoms with Crippen molar-refractivity contribution in [3.05, 3.63) is 0 Å². The molecule has 0 aromatic rings. The molecule has 2 aliphatic rings. The van der Waals surface area contributed by atoms with Gasteiger partial charge in [0.05, 0.1) is 31.5 Å². The van der Waals surface area contributed by atoms with Crippen molar-refractivity contribution < 1.29 is 37.7 Å². The molecule has 0 bridgehead atoms. The topological polar surface area (TPSA) is 92.7 Å². The van der Waals surface area contributed by atoms with Gasteiger partial charge in [0.2, 0.25) is 0 Å². The van der Waals surface area contributed by atoms with E-state index in [-0.39, 0.29) is 58.2 Å². The van der Waals surface area contributed by atoms with Crippen molar-refractivity contribution in [1.29, 1.82) is 0 Å². The summed E-state index contributed by atoms with van der Waals surface area (Å²) in [7, 11) is -3.66. The lowest BCUT2D eigenvalue weighted by molar-refractivity contribution is -0.155. The molecule has 2 saturated heterocycles. The number of hydrogen-bond donors (Lipinski definition) is 1. The highest BCUT2D eigenvalue weighted by molar-refractivity contribution is 6.74. The zero-order chi connectivity index (χ0) is 34.7. The number of carbonyl (C=O) groups is 1. The Morgan fingerprint density at radius 3 is 1.45 bits per heavy atom. The van der Waals surface area contributed by atoms with Gasteiger partial charge >= 0.3 is 0 Å². The molecule has 1 N–H and O–H groups in total. The summed E-state index contributed by atoms with van der Waals surface area (Å²) in [4.78, 5) is 12.0. The van der Waals surface area contributed by atoms with E-state index in [1.54, 1.807) is 0 Å². The molecule has 2 aliphatic heterocycles. The highest BCUT2D eigenvalue weighted by Crippen LogP contribution is 2.40. The molecule has 44 heavy (non-hydrogen) atoms. The SMILES string of the molecule is CCC(=O)[C@H](C)[C@H]1OC(C)(C)O[C@H]1CO[Si](C)(C)C(C)(C)C.CC[C@H](O)[C@H](C)[C@H]1OC(C)(C)O[C@H]1CO[Si](C)(C)C(C)(C)C. The van der Waals surface area contributed by atoms with Crippen LogP contribution < -0.4 is 0 Å². The van der Waals surface area contributed by atoms with E-state index in [2.05, 4.69) is 67.7 Å². The van der Waals surface area contributed by atoms with Crippen LogP contribution in [0.4, 0.5) is 0 Å². The summed E-state index contributed by atoms with van der Waals surface area (Å²) in [5.41, 5.74) is 0. The number of Topliss-reactive ketones (excluding diaryl/α,β-unsaturated/α-hetero) is 1. The Morgan fingerprint density at radius 2 is 1.11 bits per heavy atom. The minimum atomic E-state index is -1.84.